The van der Waals surface area contributed by atoms with Crippen LogP contribution in [0.15, 0.2) is 16.7 Å². The Bertz CT molecular complexity index is 243. The van der Waals surface area contributed by atoms with Gasteiger partial charge in [-0.1, -0.05) is 0 Å². The van der Waals surface area contributed by atoms with Gasteiger partial charge < -0.3 is 0 Å². The lowest BCUT2D eigenvalue weighted by molar-refractivity contribution is 0.959. The van der Waals surface area contributed by atoms with Crippen molar-refractivity contribution in [1.29, 1.82) is 0 Å². The Hall–Kier alpha value is -0.440. The molecule has 0 aliphatic carbocycles. The molecule has 0 bridgehead atoms. The molecule has 2 nitrogen and oxygen atoms in total. The van der Waals surface area contributed by atoms with Gasteiger partial charge in [0.1, 0.15) is 4.60 Å². The fourth-order valence-electron chi connectivity index (χ4n) is 0.316. The first-order valence-electron chi connectivity index (χ1n) is 3.50. The summed E-state index contributed by atoms with van der Waals surface area (Å²) in [7, 11) is 0. The average Bonchev–Trinajstić information content (AvgIpc) is 1.86. The zero-order valence-corrected chi connectivity index (χ0v) is 5.51. The third-order valence-electron chi connectivity index (χ3n) is 0.632. The molecule has 0 spiro atoms. The lowest BCUT2D eigenvalue weighted by atomic mass is 10.4. The van der Waals surface area contributed by atoms with Gasteiger partial charge in [-0.15, -0.1) is 5.10 Å². The molecule has 0 atom stereocenters. The van der Waals surface area contributed by atoms with Gasteiger partial charge in [-0.25, -0.2) is 0 Å². The molecular weight excluding hydrogens is 168 g/mol. The Kier molecular flexibility index (Phi) is 0.809. The molecule has 42 valence electrons. The van der Waals surface area contributed by atoms with Gasteiger partial charge in [-0.3, -0.25) is 0 Å². The van der Waals surface area contributed by atoms with Crippen molar-refractivity contribution < 1.29 is 4.11 Å². The zero-order chi connectivity index (χ0) is 8.48. The second kappa shape index (κ2) is 2.22. The van der Waals surface area contributed by atoms with Crippen molar-refractivity contribution in [3.05, 3.63) is 22.4 Å². The molecule has 0 saturated carbocycles. The summed E-state index contributed by atoms with van der Waals surface area (Å²) in [5.74, 6) is 0. The molecule has 0 aromatic carbocycles. The van der Waals surface area contributed by atoms with Crippen molar-refractivity contribution in [2.24, 2.45) is 0 Å². The van der Waals surface area contributed by atoms with Crippen LogP contribution in [0.4, 0.5) is 0 Å². The number of aryl methyl sites for hydroxylation is 1. The van der Waals surface area contributed by atoms with E-state index in [0.29, 0.717) is 4.60 Å². The molecule has 1 aromatic rings. The molecule has 0 N–H and O–H groups in total. The van der Waals surface area contributed by atoms with E-state index in [4.69, 9.17) is 4.11 Å². The quantitative estimate of drug-likeness (QED) is 0.599. The van der Waals surface area contributed by atoms with E-state index in [-0.39, 0.29) is 5.69 Å². The predicted octanol–water partition coefficient (Wildman–Crippen LogP) is 1.55. The second-order valence-electron chi connectivity index (χ2n) is 1.24. The standard InChI is InChI=1S/C5H5BrN2/c1-4-2-3-5(6)8-7-4/h2-3H,1H3/i1D3. The van der Waals surface area contributed by atoms with Gasteiger partial charge in [-0.2, -0.15) is 5.10 Å². The Balaban J connectivity index is 2.99. The topological polar surface area (TPSA) is 25.8 Å². The summed E-state index contributed by atoms with van der Waals surface area (Å²) < 4.78 is 21.4. The van der Waals surface area contributed by atoms with Gasteiger partial charge in [0, 0.05) is 4.11 Å². The third kappa shape index (κ3) is 1.26. The third-order valence-corrected chi connectivity index (χ3v) is 1.05. The molecule has 0 fully saturated rings. The summed E-state index contributed by atoms with van der Waals surface area (Å²) in [6.07, 6.45) is 0. The number of hydrogen-bond acceptors (Lipinski definition) is 2. The van der Waals surface area contributed by atoms with Crippen molar-refractivity contribution >= 4 is 15.9 Å². The van der Waals surface area contributed by atoms with Crippen LogP contribution in [-0.4, -0.2) is 10.2 Å². The molecule has 0 aliphatic heterocycles. The molecule has 0 radical (unpaired) electrons. The lowest BCUT2D eigenvalue weighted by Gasteiger charge is -1.86. The molecule has 0 saturated heterocycles. The molecular formula is C5H5BrN2. The number of rotatable bonds is 0. The second-order valence-corrected chi connectivity index (χ2v) is 2.05. The first-order valence-corrected chi connectivity index (χ1v) is 2.79. The highest BCUT2D eigenvalue weighted by molar-refractivity contribution is 9.10. The van der Waals surface area contributed by atoms with Crippen LogP contribution in [-0.2, 0) is 0 Å². The highest BCUT2D eigenvalue weighted by atomic mass is 79.9. The van der Waals surface area contributed by atoms with Gasteiger partial charge in [0.15, 0.2) is 0 Å². The number of nitrogens with zero attached hydrogens (tertiary/aromatic N) is 2. The van der Waals surface area contributed by atoms with Crippen molar-refractivity contribution in [3.63, 3.8) is 0 Å². The fraction of sp³-hybridized carbons (Fsp3) is 0.200. The molecule has 0 amide bonds. The Morgan fingerprint density at radius 2 is 2.50 bits per heavy atom. The maximum absolute atomic E-state index is 6.96. The highest BCUT2D eigenvalue weighted by Crippen LogP contribution is 2.01. The van der Waals surface area contributed by atoms with Gasteiger partial charge in [0.05, 0.1) is 5.69 Å². The van der Waals surface area contributed by atoms with Crippen LogP contribution in [0.3, 0.4) is 0 Å². The van der Waals surface area contributed by atoms with Crippen molar-refractivity contribution in [1.82, 2.24) is 10.2 Å². The normalized spacial score (nSPS) is 16.4. The van der Waals surface area contributed by atoms with Gasteiger partial charge in [-0.05, 0) is 34.9 Å². The molecule has 1 rings (SSSR count). The minimum atomic E-state index is -2.16. The van der Waals surface area contributed by atoms with Gasteiger partial charge >= 0.3 is 0 Å². The summed E-state index contributed by atoms with van der Waals surface area (Å²) in [6.45, 7) is -2.16. The van der Waals surface area contributed by atoms with E-state index in [1.807, 2.05) is 0 Å². The van der Waals surface area contributed by atoms with E-state index in [9.17, 15) is 0 Å². The Labute approximate surface area is 60.3 Å². The average molecular weight is 176 g/mol. The maximum Gasteiger partial charge on any atom is 0.128 e. The van der Waals surface area contributed by atoms with Crippen LogP contribution < -0.4 is 0 Å². The highest BCUT2D eigenvalue weighted by Gasteiger charge is 1.84. The van der Waals surface area contributed by atoms with Crippen molar-refractivity contribution in [2.75, 3.05) is 0 Å². The van der Waals surface area contributed by atoms with Gasteiger partial charge in [0.25, 0.3) is 0 Å². The monoisotopic (exact) mass is 175 g/mol. The summed E-state index contributed by atoms with van der Waals surface area (Å²) >= 11 is 3.05. The van der Waals surface area contributed by atoms with Crippen molar-refractivity contribution in [2.45, 2.75) is 6.85 Å². The first-order chi connectivity index (χ1) is 5.00. The number of halogens is 1. The number of hydrogen-bond donors (Lipinski definition) is 0. The Morgan fingerprint density at radius 3 is 3.00 bits per heavy atom. The summed E-state index contributed by atoms with van der Waals surface area (Å²) in [4.78, 5) is 0. The maximum atomic E-state index is 6.96. The minimum absolute atomic E-state index is 0.0145. The molecule has 1 aromatic heterocycles. The van der Waals surface area contributed by atoms with Gasteiger partial charge in [0.2, 0.25) is 0 Å². The fourth-order valence-corrected chi connectivity index (χ4v) is 0.527. The van der Waals surface area contributed by atoms with E-state index < -0.39 is 6.85 Å². The van der Waals surface area contributed by atoms with E-state index in [2.05, 4.69) is 26.1 Å². The smallest absolute Gasteiger partial charge is 0.128 e. The van der Waals surface area contributed by atoms with E-state index in [1.54, 1.807) is 6.07 Å². The summed E-state index contributed by atoms with van der Waals surface area (Å²) in [6, 6.07) is 2.97. The van der Waals surface area contributed by atoms with Crippen LogP contribution in [0.2, 0.25) is 0 Å². The predicted molar refractivity (Wildman–Crippen MR) is 34.5 cm³/mol. The minimum Gasteiger partial charge on any atom is -0.155 e. The van der Waals surface area contributed by atoms with Crippen LogP contribution >= 0.6 is 15.9 Å². The van der Waals surface area contributed by atoms with Crippen LogP contribution in [0.5, 0.6) is 0 Å². The van der Waals surface area contributed by atoms with E-state index in [0.717, 1.165) is 0 Å². The van der Waals surface area contributed by atoms with Crippen LogP contribution in [0, 0.1) is 6.85 Å². The van der Waals surface area contributed by atoms with E-state index in [1.165, 1.54) is 6.07 Å². The molecule has 0 aliphatic rings. The van der Waals surface area contributed by atoms with Crippen LogP contribution in [0.1, 0.15) is 9.81 Å². The molecule has 0 unspecified atom stereocenters. The first kappa shape index (κ1) is 2.92. The SMILES string of the molecule is [2H]C([2H])([2H])c1ccc(Br)nn1. The molecule has 1 heterocycles. The zero-order valence-electron chi connectivity index (χ0n) is 6.93. The van der Waals surface area contributed by atoms with E-state index >= 15 is 0 Å². The van der Waals surface area contributed by atoms with Crippen molar-refractivity contribution in [3.8, 4) is 0 Å². The largest absolute Gasteiger partial charge is 0.155 e. The molecule has 8 heavy (non-hydrogen) atoms. The lowest BCUT2D eigenvalue weighted by Crippen LogP contribution is -1.83. The van der Waals surface area contributed by atoms with Crippen LogP contribution in [0.25, 0.3) is 0 Å². The summed E-state index contributed by atoms with van der Waals surface area (Å²) in [5.41, 5.74) is 0.0145. The Morgan fingerprint density at radius 1 is 1.62 bits per heavy atom. The molecule has 3 heteroatoms. The summed E-state index contributed by atoms with van der Waals surface area (Å²) in [5, 5.41) is 7.04. The number of aromatic nitrogens is 2.